The largest absolute Gasteiger partial charge is 0.497 e. The molecule has 2 unspecified atom stereocenters. The van der Waals surface area contributed by atoms with Crippen LogP contribution in [0.1, 0.15) is 35.7 Å². The van der Waals surface area contributed by atoms with Gasteiger partial charge in [0, 0.05) is 17.9 Å². The Morgan fingerprint density at radius 2 is 1.32 bits per heavy atom. The van der Waals surface area contributed by atoms with Crippen molar-refractivity contribution in [3.63, 3.8) is 0 Å². The molecule has 0 aliphatic rings. The van der Waals surface area contributed by atoms with Gasteiger partial charge in [-0.15, -0.1) is 0 Å². The van der Waals surface area contributed by atoms with Crippen LogP contribution in [0.15, 0.2) is 108 Å². The number of hydrogen-bond acceptors (Lipinski definition) is 4. The van der Waals surface area contributed by atoms with Gasteiger partial charge >= 0.3 is 0 Å². The van der Waals surface area contributed by atoms with Crippen molar-refractivity contribution in [3.8, 4) is 16.9 Å². The Morgan fingerprint density at radius 1 is 0.735 bits per heavy atom. The van der Waals surface area contributed by atoms with Gasteiger partial charge in [0.1, 0.15) is 5.75 Å². The first-order valence-electron chi connectivity index (χ1n) is 11.2. The van der Waals surface area contributed by atoms with Crippen LogP contribution in [0.2, 0.25) is 0 Å². The molecular weight excluding hydrogens is 442 g/mol. The molecular formula is C29H29NO3S. The first kappa shape index (κ1) is 23.7. The first-order valence-corrected chi connectivity index (χ1v) is 13.1. The SMILES string of the molecule is COc1ccc(C(NC(C)c2ccccc2)c2ccccc2)c(-c2ccccc2S(C)(=O)=O)c1. The molecule has 0 heterocycles. The van der Waals surface area contributed by atoms with Crippen LogP contribution in [0.3, 0.4) is 0 Å². The Hall–Kier alpha value is -3.41. The molecule has 4 nitrogen and oxygen atoms in total. The first-order chi connectivity index (χ1) is 16.4. The van der Waals surface area contributed by atoms with Crippen LogP contribution in [0.5, 0.6) is 5.75 Å². The number of sulfone groups is 1. The highest BCUT2D eigenvalue weighted by Gasteiger charge is 2.24. The molecule has 174 valence electrons. The van der Waals surface area contributed by atoms with Gasteiger partial charge in [0.15, 0.2) is 9.84 Å². The lowest BCUT2D eigenvalue weighted by molar-refractivity contribution is 0.414. The van der Waals surface area contributed by atoms with Gasteiger partial charge in [-0.25, -0.2) is 8.42 Å². The van der Waals surface area contributed by atoms with E-state index in [1.165, 1.54) is 11.8 Å². The average molecular weight is 472 g/mol. The normalized spacial score (nSPS) is 13.3. The standard InChI is InChI=1S/C29H29NO3S/c1-21(22-12-6-4-7-13-22)30-29(23-14-8-5-9-15-23)26-19-18-24(33-2)20-27(26)25-16-10-11-17-28(25)34(3,31)32/h4-21,29-30H,1-3H3. The molecule has 0 bridgehead atoms. The molecule has 0 saturated carbocycles. The molecule has 4 aromatic rings. The second-order valence-corrected chi connectivity index (χ2v) is 10.3. The third-order valence-corrected chi connectivity index (χ3v) is 7.15. The predicted molar refractivity (Wildman–Crippen MR) is 138 cm³/mol. The highest BCUT2D eigenvalue weighted by Crippen LogP contribution is 2.38. The third-order valence-electron chi connectivity index (χ3n) is 6.00. The number of hydrogen-bond donors (Lipinski definition) is 1. The zero-order chi connectivity index (χ0) is 24.1. The molecule has 4 rings (SSSR count). The van der Waals surface area contributed by atoms with Crippen molar-refractivity contribution < 1.29 is 13.2 Å². The fourth-order valence-corrected chi connectivity index (χ4v) is 5.16. The smallest absolute Gasteiger partial charge is 0.176 e. The minimum atomic E-state index is -3.44. The second kappa shape index (κ2) is 10.2. The van der Waals surface area contributed by atoms with Gasteiger partial charge in [0.25, 0.3) is 0 Å². The van der Waals surface area contributed by atoms with E-state index in [1.54, 1.807) is 19.2 Å². The van der Waals surface area contributed by atoms with Crippen LogP contribution in [0.4, 0.5) is 0 Å². The van der Waals surface area contributed by atoms with E-state index >= 15 is 0 Å². The van der Waals surface area contributed by atoms with Crippen LogP contribution in [-0.2, 0) is 9.84 Å². The van der Waals surface area contributed by atoms with Crippen molar-refractivity contribution in [2.24, 2.45) is 0 Å². The van der Waals surface area contributed by atoms with E-state index in [2.05, 4.69) is 36.5 Å². The summed E-state index contributed by atoms with van der Waals surface area (Å²) in [5, 5.41) is 3.78. The molecule has 0 fully saturated rings. The fraction of sp³-hybridized carbons (Fsp3) is 0.172. The van der Waals surface area contributed by atoms with Gasteiger partial charge in [-0.3, -0.25) is 5.32 Å². The van der Waals surface area contributed by atoms with E-state index in [4.69, 9.17) is 4.74 Å². The maximum absolute atomic E-state index is 12.6. The topological polar surface area (TPSA) is 55.4 Å². The summed E-state index contributed by atoms with van der Waals surface area (Å²) in [6.45, 7) is 2.14. The number of methoxy groups -OCH3 is 1. The summed E-state index contributed by atoms with van der Waals surface area (Å²) in [6.07, 6.45) is 1.25. The maximum atomic E-state index is 12.6. The van der Waals surface area contributed by atoms with E-state index in [9.17, 15) is 8.42 Å². The lowest BCUT2D eigenvalue weighted by Crippen LogP contribution is -2.26. The molecule has 34 heavy (non-hydrogen) atoms. The zero-order valence-electron chi connectivity index (χ0n) is 19.6. The molecule has 0 spiro atoms. The Morgan fingerprint density at radius 3 is 1.94 bits per heavy atom. The lowest BCUT2D eigenvalue weighted by atomic mass is 9.89. The van der Waals surface area contributed by atoms with Crippen LogP contribution < -0.4 is 10.1 Å². The van der Waals surface area contributed by atoms with Crippen LogP contribution in [0.25, 0.3) is 11.1 Å². The maximum Gasteiger partial charge on any atom is 0.176 e. The van der Waals surface area contributed by atoms with Gasteiger partial charge in [-0.2, -0.15) is 0 Å². The van der Waals surface area contributed by atoms with Gasteiger partial charge in [-0.05, 0) is 47.4 Å². The summed E-state index contributed by atoms with van der Waals surface area (Å²) in [7, 11) is -1.82. The summed E-state index contributed by atoms with van der Waals surface area (Å²) in [4.78, 5) is 0.299. The molecule has 0 aromatic heterocycles. The van der Waals surface area contributed by atoms with E-state index < -0.39 is 9.84 Å². The minimum absolute atomic E-state index is 0.0616. The lowest BCUT2D eigenvalue weighted by Gasteiger charge is -2.27. The molecule has 0 aliphatic heterocycles. The average Bonchev–Trinajstić information content (AvgIpc) is 2.87. The summed E-state index contributed by atoms with van der Waals surface area (Å²) in [6, 6.07) is 33.4. The number of rotatable bonds is 8. The summed E-state index contributed by atoms with van der Waals surface area (Å²) in [5.41, 5.74) is 4.73. The summed E-state index contributed by atoms with van der Waals surface area (Å²) in [5.74, 6) is 0.671. The quantitative estimate of drug-likeness (QED) is 0.332. The van der Waals surface area contributed by atoms with Gasteiger partial charge in [0.2, 0.25) is 0 Å². The van der Waals surface area contributed by atoms with Crippen molar-refractivity contribution in [2.75, 3.05) is 13.4 Å². The predicted octanol–water partition coefficient (Wildman–Crippen LogP) is 6.21. The number of benzene rings is 4. The Balaban J connectivity index is 1.91. The van der Waals surface area contributed by atoms with Crippen LogP contribution in [-0.4, -0.2) is 21.8 Å². The zero-order valence-corrected chi connectivity index (χ0v) is 20.4. The van der Waals surface area contributed by atoms with E-state index in [0.29, 0.717) is 16.2 Å². The Kier molecular flexibility index (Phi) is 7.15. The van der Waals surface area contributed by atoms with Crippen LogP contribution in [0, 0.1) is 0 Å². The minimum Gasteiger partial charge on any atom is -0.497 e. The monoisotopic (exact) mass is 471 g/mol. The molecule has 0 amide bonds. The van der Waals surface area contributed by atoms with Crippen molar-refractivity contribution in [1.82, 2.24) is 5.32 Å². The fourth-order valence-electron chi connectivity index (χ4n) is 4.26. The number of nitrogens with one attached hydrogen (secondary N) is 1. The summed E-state index contributed by atoms with van der Waals surface area (Å²) >= 11 is 0. The molecule has 4 aromatic carbocycles. The molecule has 5 heteroatoms. The highest BCUT2D eigenvalue weighted by atomic mass is 32.2. The van der Waals surface area contributed by atoms with Crippen molar-refractivity contribution in [3.05, 3.63) is 120 Å². The van der Waals surface area contributed by atoms with E-state index in [-0.39, 0.29) is 12.1 Å². The summed E-state index contributed by atoms with van der Waals surface area (Å²) < 4.78 is 30.8. The molecule has 0 radical (unpaired) electrons. The Bertz CT molecular complexity index is 1350. The molecule has 1 N–H and O–H groups in total. The van der Waals surface area contributed by atoms with Gasteiger partial charge < -0.3 is 4.74 Å². The van der Waals surface area contributed by atoms with Gasteiger partial charge in [-0.1, -0.05) is 84.9 Å². The van der Waals surface area contributed by atoms with E-state index in [1.807, 2.05) is 66.7 Å². The van der Waals surface area contributed by atoms with Crippen molar-refractivity contribution in [1.29, 1.82) is 0 Å². The van der Waals surface area contributed by atoms with Crippen molar-refractivity contribution in [2.45, 2.75) is 23.9 Å². The molecule has 0 saturated heterocycles. The molecule has 2 atom stereocenters. The van der Waals surface area contributed by atoms with Gasteiger partial charge in [0.05, 0.1) is 18.0 Å². The van der Waals surface area contributed by atoms with E-state index in [0.717, 1.165) is 16.7 Å². The number of ether oxygens (including phenoxy) is 1. The third kappa shape index (κ3) is 5.22. The van der Waals surface area contributed by atoms with Crippen molar-refractivity contribution >= 4 is 9.84 Å². The second-order valence-electron chi connectivity index (χ2n) is 8.36. The van der Waals surface area contributed by atoms with Crippen LogP contribution >= 0.6 is 0 Å². The molecule has 0 aliphatic carbocycles. The highest BCUT2D eigenvalue weighted by molar-refractivity contribution is 7.90. The Labute approximate surface area is 202 Å².